The molecule has 1 aromatic carbocycles. The number of amides is 1. The summed E-state index contributed by atoms with van der Waals surface area (Å²) in [6.45, 7) is 4.58. The van der Waals surface area contributed by atoms with Gasteiger partial charge in [0.25, 0.3) is 0 Å². The molecule has 2 N–H and O–H groups in total. The van der Waals surface area contributed by atoms with Gasteiger partial charge in [0.15, 0.2) is 0 Å². The molecule has 0 aliphatic carbocycles. The first-order chi connectivity index (χ1) is 10.9. The minimum Gasteiger partial charge on any atom is -0.481 e. The molecule has 5 nitrogen and oxygen atoms in total. The van der Waals surface area contributed by atoms with Crippen molar-refractivity contribution in [3.05, 3.63) is 35.4 Å². The summed E-state index contributed by atoms with van der Waals surface area (Å²) >= 11 is 0. The molecule has 0 spiro atoms. The molecule has 0 bridgehead atoms. The van der Waals surface area contributed by atoms with Crippen LogP contribution in [0.2, 0.25) is 0 Å². The number of nitrogens with one attached hydrogen (secondary N) is 1. The van der Waals surface area contributed by atoms with Gasteiger partial charge >= 0.3 is 18.2 Å². The molecule has 1 aromatic rings. The number of carbonyl (C=O) groups excluding carboxylic acids is 1. The first-order valence-electron chi connectivity index (χ1n) is 7.25. The maximum atomic E-state index is 13.0. The number of alkyl halides is 3. The Morgan fingerprint density at radius 3 is 2.29 bits per heavy atom. The first kappa shape index (κ1) is 19.8. The van der Waals surface area contributed by atoms with Crippen LogP contribution in [0.25, 0.3) is 0 Å². The summed E-state index contributed by atoms with van der Waals surface area (Å²) in [7, 11) is 0. The predicted molar refractivity (Wildman–Crippen MR) is 80.5 cm³/mol. The van der Waals surface area contributed by atoms with E-state index in [-0.39, 0.29) is 18.5 Å². The lowest BCUT2D eigenvalue weighted by molar-refractivity contribution is -0.143. The second kappa shape index (κ2) is 7.55. The van der Waals surface area contributed by atoms with Crippen LogP contribution < -0.4 is 5.32 Å². The highest BCUT2D eigenvalue weighted by Gasteiger charge is 2.34. The Kier molecular flexibility index (Phi) is 6.22. The molecule has 0 saturated carbocycles. The van der Waals surface area contributed by atoms with E-state index in [1.54, 1.807) is 20.8 Å². The van der Waals surface area contributed by atoms with Crippen LogP contribution in [0.4, 0.5) is 18.0 Å². The molecule has 8 heteroatoms. The summed E-state index contributed by atoms with van der Waals surface area (Å²) in [4.78, 5) is 22.8. The number of carboxylic acids is 1. The highest BCUT2D eigenvalue weighted by molar-refractivity contribution is 5.73. The molecule has 0 radical (unpaired) electrons. The van der Waals surface area contributed by atoms with Gasteiger partial charge < -0.3 is 15.2 Å². The third-order valence-electron chi connectivity index (χ3n) is 3.03. The van der Waals surface area contributed by atoms with Crippen molar-refractivity contribution in [2.75, 3.05) is 6.54 Å². The van der Waals surface area contributed by atoms with Crippen LogP contribution in [-0.2, 0) is 22.1 Å². The van der Waals surface area contributed by atoms with Gasteiger partial charge in [0, 0.05) is 6.54 Å². The fourth-order valence-electron chi connectivity index (χ4n) is 2.01. The average Bonchev–Trinajstić information content (AvgIpc) is 2.40. The summed E-state index contributed by atoms with van der Waals surface area (Å²) in [5.74, 6) is -2.51. The van der Waals surface area contributed by atoms with Crippen molar-refractivity contribution in [2.24, 2.45) is 5.92 Å². The summed E-state index contributed by atoms with van der Waals surface area (Å²) in [6, 6.07) is 4.77. The van der Waals surface area contributed by atoms with Gasteiger partial charge in [-0.25, -0.2) is 4.79 Å². The van der Waals surface area contributed by atoms with Crippen LogP contribution in [0.1, 0.15) is 31.9 Å². The van der Waals surface area contributed by atoms with Crippen molar-refractivity contribution in [3.8, 4) is 0 Å². The molecular formula is C16H20F3NO4. The Hall–Kier alpha value is -2.25. The molecule has 1 amide bonds. The monoisotopic (exact) mass is 347 g/mol. The highest BCUT2D eigenvalue weighted by Crippen LogP contribution is 2.32. The van der Waals surface area contributed by atoms with E-state index in [9.17, 15) is 27.9 Å². The Morgan fingerprint density at radius 2 is 1.79 bits per heavy atom. The minimum atomic E-state index is -4.57. The SMILES string of the molecule is CC(C)(C)OC(=O)NC[C@@H](Cc1ccccc1C(F)(F)F)C(=O)O. The summed E-state index contributed by atoms with van der Waals surface area (Å²) in [5.41, 5.74) is -1.77. The second-order valence-electron chi connectivity index (χ2n) is 6.28. The fraction of sp³-hybridized carbons (Fsp3) is 0.500. The zero-order valence-electron chi connectivity index (χ0n) is 13.6. The van der Waals surface area contributed by atoms with Crippen LogP contribution in [0.3, 0.4) is 0 Å². The number of carbonyl (C=O) groups is 2. The molecule has 0 aliphatic heterocycles. The van der Waals surface area contributed by atoms with Crippen molar-refractivity contribution < 1.29 is 32.6 Å². The fourth-order valence-corrected chi connectivity index (χ4v) is 2.01. The van der Waals surface area contributed by atoms with E-state index in [2.05, 4.69) is 5.32 Å². The van der Waals surface area contributed by atoms with Gasteiger partial charge in [-0.15, -0.1) is 0 Å². The van der Waals surface area contributed by atoms with E-state index in [1.165, 1.54) is 18.2 Å². The number of aliphatic carboxylic acids is 1. The number of hydrogen-bond donors (Lipinski definition) is 2. The van der Waals surface area contributed by atoms with E-state index in [0.717, 1.165) is 6.07 Å². The van der Waals surface area contributed by atoms with E-state index in [4.69, 9.17) is 4.74 Å². The Balaban J connectivity index is 2.82. The van der Waals surface area contributed by atoms with Crippen molar-refractivity contribution in [1.29, 1.82) is 0 Å². The summed E-state index contributed by atoms with van der Waals surface area (Å²) in [5, 5.41) is 11.5. The number of hydrogen-bond acceptors (Lipinski definition) is 3. The molecule has 0 fully saturated rings. The van der Waals surface area contributed by atoms with E-state index >= 15 is 0 Å². The molecule has 0 unspecified atom stereocenters. The molecule has 134 valence electrons. The molecule has 0 saturated heterocycles. The molecular weight excluding hydrogens is 327 g/mol. The maximum Gasteiger partial charge on any atom is 0.416 e. The third-order valence-corrected chi connectivity index (χ3v) is 3.03. The number of carboxylic acid groups (broad SMARTS) is 1. The van der Waals surface area contributed by atoms with Gasteiger partial charge in [0.2, 0.25) is 0 Å². The molecule has 0 heterocycles. The number of rotatable bonds is 5. The summed E-state index contributed by atoms with van der Waals surface area (Å²) < 4.78 is 43.9. The quantitative estimate of drug-likeness (QED) is 0.855. The Labute approximate surface area is 137 Å². The topological polar surface area (TPSA) is 75.6 Å². The molecule has 1 rings (SSSR count). The van der Waals surface area contributed by atoms with Gasteiger partial charge in [0.05, 0.1) is 11.5 Å². The van der Waals surface area contributed by atoms with Gasteiger partial charge in [-0.1, -0.05) is 18.2 Å². The van der Waals surface area contributed by atoms with Crippen molar-refractivity contribution in [2.45, 2.75) is 39.0 Å². The van der Waals surface area contributed by atoms with Crippen LogP contribution in [0, 0.1) is 5.92 Å². The van der Waals surface area contributed by atoms with Gasteiger partial charge in [0.1, 0.15) is 5.60 Å². The largest absolute Gasteiger partial charge is 0.481 e. The van der Waals surface area contributed by atoms with E-state index in [0.29, 0.717) is 0 Å². The van der Waals surface area contributed by atoms with Gasteiger partial charge in [-0.2, -0.15) is 13.2 Å². The standard InChI is InChI=1S/C16H20F3NO4/c1-15(2,3)24-14(23)20-9-11(13(21)22)8-10-6-4-5-7-12(10)16(17,18)19/h4-7,11H,8-9H2,1-3H3,(H,20,23)(H,21,22)/t11-/m1/s1. The zero-order chi connectivity index (χ0) is 18.5. The third kappa shape index (κ3) is 6.47. The highest BCUT2D eigenvalue weighted by atomic mass is 19.4. The zero-order valence-corrected chi connectivity index (χ0v) is 13.6. The van der Waals surface area contributed by atoms with E-state index < -0.39 is 35.3 Å². The number of alkyl carbamates (subject to hydrolysis) is 1. The maximum absolute atomic E-state index is 13.0. The van der Waals surface area contributed by atoms with Crippen molar-refractivity contribution in [3.63, 3.8) is 0 Å². The molecule has 0 aromatic heterocycles. The first-order valence-corrected chi connectivity index (χ1v) is 7.25. The molecule has 0 aliphatic rings. The predicted octanol–water partition coefficient (Wildman–Crippen LogP) is 3.47. The lowest BCUT2D eigenvalue weighted by atomic mass is 9.95. The smallest absolute Gasteiger partial charge is 0.416 e. The van der Waals surface area contributed by atoms with Crippen LogP contribution in [0.5, 0.6) is 0 Å². The normalized spacial score (nSPS) is 13.2. The Morgan fingerprint density at radius 1 is 1.21 bits per heavy atom. The number of ether oxygens (including phenoxy) is 1. The minimum absolute atomic E-state index is 0.136. The number of halogens is 3. The number of benzene rings is 1. The van der Waals surface area contributed by atoms with Crippen LogP contribution in [-0.4, -0.2) is 29.3 Å². The van der Waals surface area contributed by atoms with Crippen LogP contribution in [0.15, 0.2) is 24.3 Å². The van der Waals surface area contributed by atoms with Crippen LogP contribution >= 0.6 is 0 Å². The lowest BCUT2D eigenvalue weighted by Crippen LogP contribution is -2.38. The van der Waals surface area contributed by atoms with Crippen molar-refractivity contribution >= 4 is 12.1 Å². The van der Waals surface area contributed by atoms with Gasteiger partial charge in [-0.05, 0) is 38.8 Å². The average molecular weight is 347 g/mol. The molecule has 1 atom stereocenters. The second-order valence-corrected chi connectivity index (χ2v) is 6.28. The lowest BCUT2D eigenvalue weighted by Gasteiger charge is -2.21. The van der Waals surface area contributed by atoms with Crippen molar-refractivity contribution in [1.82, 2.24) is 5.32 Å². The summed E-state index contributed by atoms with van der Waals surface area (Å²) in [6.07, 6.45) is -5.75. The molecule has 24 heavy (non-hydrogen) atoms. The Bertz CT molecular complexity index is 594. The van der Waals surface area contributed by atoms with E-state index in [1.807, 2.05) is 0 Å². The van der Waals surface area contributed by atoms with Gasteiger partial charge in [-0.3, -0.25) is 4.79 Å².